The number of carbonyl (C=O) groups is 1. The molecule has 0 saturated heterocycles. The molecule has 0 unspecified atom stereocenters. The third-order valence-electron chi connectivity index (χ3n) is 4.57. The Bertz CT molecular complexity index is 1130. The van der Waals surface area contributed by atoms with Crippen LogP contribution in [0.15, 0.2) is 34.2 Å². The van der Waals surface area contributed by atoms with Gasteiger partial charge in [-0.1, -0.05) is 43.3 Å². The molecule has 0 aliphatic carbocycles. The summed E-state index contributed by atoms with van der Waals surface area (Å²) in [4.78, 5) is 32.9. The van der Waals surface area contributed by atoms with Crippen molar-refractivity contribution < 1.29 is 9.18 Å². The number of aromatic amines is 1. The van der Waals surface area contributed by atoms with E-state index < -0.39 is 5.82 Å². The number of hydrogen-bond donors (Lipinski definition) is 2. The maximum atomic E-state index is 13.2. The van der Waals surface area contributed by atoms with Crippen molar-refractivity contribution in [1.29, 1.82) is 0 Å². The molecule has 9 heteroatoms. The number of aromatic nitrogens is 3. The average molecular weight is 451 g/mol. The average Bonchev–Trinajstić information content (AvgIpc) is 3.07. The summed E-state index contributed by atoms with van der Waals surface area (Å²) in [7, 11) is 0. The first-order valence-corrected chi connectivity index (χ1v) is 11.0. The van der Waals surface area contributed by atoms with Gasteiger partial charge in [-0.05, 0) is 43.0 Å². The fourth-order valence-electron chi connectivity index (χ4n) is 2.94. The molecule has 0 bridgehead atoms. The number of rotatable bonds is 8. The molecule has 0 saturated carbocycles. The summed E-state index contributed by atoms with van der Waals surface area (Å²) in [6, 6.07) is 6.15. The summed E-state index contributed by atoms with van der Waals surface area (Å²) >= 11 is 6.99. The van der Waals surface area contributed by atoms with Gasteiger partial charge in [0.15, 0.2) is 5.16 Å². The number of H-pyrrole nitrogens is 1. The lowest BCUT2D eigenvalue weighted by molar-refractivity contribution is -0.118. The Morgan fingerprint density at radius 3 is 2.83 bits per heavy atom. The maximum Gasteiger partial charge on any atom is 0.278 e. The van der Waals surface area contributed by atoms with Crippen molar-refractivity contribution in [3.8, 4) is 0 Å². The SMILES string of the molecule is Cc1cc2nc(SCC(=O)NCc3ccc(F)c(Cl)c3)n(CCC(C)C)c(=O)c2[nH]1. The molecule has 160 valence electrons. The first kappa shape index (κ1) is 22.4. The van der Waals surface area contributed by atoms with Crippen LogP contribution in [-0.2, 0) is 17.9 Å². The largest absolute Gasteiger partial charge is 0.353 e. The van der Waals surface area contributed by atoms with Gasteiger partial charge in [0.05, 0.1) is 16.3 Å². The number of hydrogen-bond acceptors (Lipinski definition) is 4. The maximum absolute atomic E-state index is 13.2. The van der Waals surface area contributed by atoms with Crippen molar-refractivity contribution in [3.05, 3.63) is 56.7 Å². The topological polar surface area (TPSA) is 79.8 Å². The number of fused-ring (bicyclic) bond motifs is 1. The molecule has 0 spiro atoms. The minimum absolute atomic E-state index is 0.0181. The van der Waals surface area contributed by atoms with Crippen LogP contribution in [0.5, 0.6) is 0 Å². The van der Waals surface area contributed by atoms with E-state index in [2.05, 4.69) is 29.1 Å². The Kier molecular flexibility index (Phi) is 7.20. The first-order chi connectivity index (χ1) is 14.2. The van der Waals surface area contributed by atoms with E-state index in [0.717, 1.165) is 12.1 Å². The van der Waals surface area contributed by atoms with Gasteiger partial charge in [0.2, 0.25) is 5.91 Å². The molecule has 3 rings (SSSR count). The molecule has 2 heterocycles. The van der Waals surface area contributed by atoms with Gasteiger partial charge in [-0.25, -0.2) is 9.37 Å². The Morgan fingerprint density at radius 2 is 2.13 bits per heavy atom. The number of nitrogens with zero attached hydrogens (tertiary/aromatic N) is 2. The molecule has 0 radical (unpaired) electrons. The van der Waals surface area contributed by atoms with E-state index in [0.29, 0.717) is 34.2 Å². The minimum atomic E-state index is -0.497. The number of aryl methyl sites for hydroxylation is 1. The van der Waals surface area contributed by atoms with Crippen LogP contribution in [0, 0.1) is 18.7 Å². The van der Waals surface area contributed by atoms with Gasteiger partial charge in [-0.2, -0.15) is 0 Å². The predicted octanol–water partition coefficient (Wildman–Crippen LogP) is 4.28. The second-order valence-corrected chi connectivity index (χ2v) is 8.91. The Hall–Kier alpha value is -2.32. The van der Waals surface area contributed by atoms with Gasteiger partial charge in [0.1, 0.15) is 11.3 Å². The number of nitrogens with one attached hydrogen (secondary N) is 2. The highest BCUT2D eigenvalue weighted by Gasteiger charge is 2.15. The highest BCUT2D eigenvalue weighted by atomic mass is 35.5. The van der Waals surface area contributed by atoms with E-state index in [-0.39, 0.29) is 28.8 Å². The highest BCUT2D eigenvalue weighted by molar-refractivity contribution is 7.99. The summed E-state index contributed by atoms with van der Waals surface area (Å²) in [6.07, 6.45) is 0.831. The quantitative estimate of drug-likeness (QED) is 0.396. The van der Waals surface area contributed by atoms with Crippen molar-refractivity contribution in [3.63, 3.8) is 0 Å². The van der Waals surface area contributed by atoms with Crippen LogP contribution < -0.4 is 10.9 Å². The van der Waals surface area contributed by atoms with E-state index in [4.69, 9.17) is 11.6 Å². The fourth-order valence-corrected chi connectivity index (χ4v) is 4.00. The predicted molar refractivity (Wildman–Crippen MR) is 119 cm³/mol. The van der Waals surface area contributed by atoms with E-state index in [1.54, 1.807) is 10.6 Å². The van der Waals surface area contributed by atoms with E-state index in [1.807, 2.05) is 13.0 Å². The van der Waals surface area contributed by atoms with Gasteiger partial charge < -0.3 is 10.3 Å². The molecular formula is C21H24ClFN4O2S. The standard InChI is InChI=1S/C21H24ClFN4O2S/c1-12(2)6-7-27-20(29)19-17(8-13(3)25-19)26-21(27)30-11-18(28)24-10-14-4-5-16(23)15(22)9-14/h4-5,8-9,12,25H,6-7,10-11H2,1-3H3,(H,24,28). The minimum Gasteiger partial charge on any atom is -0.353 e. The molecule has 0 fully saturated rings. The highest BCUT2D eigenvalue weighted by Crippen LogP contribution is 2.20. The van der Waals surface area contributed by atoms with Crippen LogP contribution in [0.4, 0.5) is 4.39 Å². The lowest BCUT2D eigenvalue weighted by atomic mass is 10.1. The number of amides is 1. The van der Waals surface area contributed by atoms with Crippen LogP contribution in [0.25, 0.3) is 11.0 Å². The van der Waals surface area contributed by atoms with E-state index in [9.17, 15) is 14.0 Å². The van der Waals surface area contributed by atoms with Crippen molar-refractivity contribution in [1.82, 2.24) is 19.9 Å². The summed E-state index contributed by atoms with van der Waals surface area (Å²) in [5.41, 5.74) is 2.52. The number of benzene rings is 1. The number of carbonyl (C=O) groups excluding carboxylic acids is 1. The second kappa shape index (κ2) is 9.66. The Balaban J connectivity index is 1.71. The summed E-state index contributed by atoms with van der Waals surface area (Å²) in [6.45, 7) is 6.84. The lowest BCUT2D eigenvalue weighted by Crippen LogP contribution is -2.27. The van der Waals surface area contributed by atoms with Crippen LogP contribution in [0.2, 0.25) is 5.02 Å². The number of halogens is 2. The molecule has 6 nitrogen and oxygen atoms in total. The first-order valence-electron chi connectivity index (χ1n) is 9.68. The number of thioether (sulfide) groups is 1. The van der Waals surface area contributed by atoms with Crippen molar-refractivity contribution in [2.24, 2.45) is 5.92 Å². The van der Waals surface area contributed by atoms with Gasteiger partial charge in [0.25, 0.3) is 5.56 Å². The normalized spacial score (nSPS) is 11.4. The Morgan fingerprint density at radius 1 is 1.37 bits per heavy atom. The van der Waals surface area contributed by atoms with E-state index in [1.165, 1.54) is 23.9 Å². The van der Waals surface area contributed by atoms with Gasteiger partial charge in [-0.3, -0.25) is 14.2 Å². The van der Waals surface area contributed by atoms with E-state index >= 15 is 0 Å². The zero-order chi connectivity index (χ0) is 21.8. The van der Waals surface area contributed by atoms with Crippen LogP contribution in [0.1, 0.15) is 31.5 Å². The zero-order valence-corrected chi connectivity index (χ0v) is 18.7. The van der Waals surface area contributed by atoms with Gasteiger partial charge >= 0.3 is 0 Å². The molecule has 0 aliphatic heterocycles. The molecule has 1 amide bonds. The monoisotopic (exact) mass is 450 g/mol. The van der Waals surface area contributed by atoms with Crippen molar-refractivity contribution >= 4 is 40.3 Å². The van der Waals surface area contributed by atoms with Crippen LogP contribution in [0.3, 0.4) is 0 Å². The van der Waals surface area contributed by atoms with Gasteiger partial charge in [0, 0.05) is 18.8 Å². The molecular weight excluding hydrogens is 427 g/mol. The summed E-state index contributed by atoms with van der Waals surface area (Å²) < 4.78 is 14.9. The zero-order valence-electron chi connectivity index (χ0n) is 17.1. The third kappa shape index (κ3) is 5.43. The van der Waals surface area contributed by atoms with Crippen molar-refractivity contribution in [2.45, 2.75) is 45.4 Å². The fraction of sp³-hybridized carbons (Fsp3) is 0.381. The van der Waals surface area contributed by atoms with Crippen molar-refractivity contribution in [2.75, 3.05) is 5.75 Å². The lowest BCUT2D eigenvalue weighted by Gasteiger charge is -2.13. The molecule has 2 aromatic heterocycles. The molecule has 30 heavy (non-hydrogen) atoms. The molecule has 0 atom stereocenters. The molecule has 0 aliphatic rings. The van der Waals surface area contributed by atoms with Gasteiger partial charge in [-0.15, -0.1) is 0 Å². The van der Waals surface area contributed by atoms with Crippen LogP contribution >= 0.6 is 23.4 Å². The van der Waals surface area contributed by atoms with Crippen LogP contribution in [-0.4, -0.2) is 26.2 Å². The summed E-state index contributed by atoms with van der Waals surface area (Å²) in [5, 5.41) is 3.32. The second-order valence-electron chi connectivity index (χ2n) is 7.56. The third-order valence-corrected chi connectivity index (χ3v) is 5.84. The molecule has 1 aromatic carbocycles. The molecule has 2 N–H and O–H groups in total. The molecule has 3 aromatic rings. The summed E-state index contributed by atoms with van der Waals surface area (Å²) in [5.74, 6) is -0.168. The Labute approximate surface area is 183 Å². The smallest absolute Gasteiger partial charge is 0.278 e.